The van der Waals surface area contributed by atoms with Crippen molar-refractivity contribution in [2.75, 3.05) is 26.6 Å². The van der Waals surface area contributed by atoms with Crippen molar-refractivity contribution in [3.05, 3.63) is 42.1 Å². The molecular weight excluding hydrogens is 428 g/mol. The molecule has 32 heavy (non-hydrogen) atoms. The molecule has 0 aliphatic carbocycles. The predicted octanol–water partition coefficient (Wildman–Crippen LogP) is 1.51. The van der Waals surface area contributed by atoms with E-state index in [9.17, 15) is 4.79 Å². The Hall–Kier alpha value is -2.99. The highest BCUT2D eigenvalue weighted by Crippen LogP contribution is 2.39. The quantitative estimate of drug-likeness (QED) is 0.547. The van der Waals surface area contributed by atoms with Crippen LogP contribution in [0, 0.1) is 0 Å². The van der Waals surface area contributed by atoms with Gasteiger partial charge in [0.15, 0.2) is 24.2 Å². The number of fused-ring (bicyclic) bond motifs is 4. The van der Waals surface area contributed by atoms with Crippen molar-refractivity contribution in [1.29, 1.82) is 0 Å². The van der Waals surface area contributed by atoms with E-state index in [0.717, 1.165) is 59.3 Å². The normalized spacial score (nSPS) is 11.8. The SMILES string of the molecule is CCCCC(=O)Nc1c(OC)ccc2cc3[n+](cc12)CCc1cc(OC)c(OC)cc1-3.[Cl-]. The van der Waals surface area contributed by atoms with Gasteiger partial charge < -0.3 is 31.9 Å². The molecule has 1 aliphatic rings. The Kier molecular flexibility index (Phi) is 7.46. The fourth-order valence-corrected chi connectivity index (χ4v) is 4.20. The molecule has 7 heteroatoms. The Morgan fingerprint density at radius 3 is 2.44 bits per heavy atom. The number of rotatable bonds is 7. The number of benzene rings is 2. The van der Waals surface area contributed by atoms with Crippen LogP contribution >= 0.6 is 0 Å². The number of pyridine rings is 1. The molecule has 0 unspecified atom stereocenters. The third kappa shape index (κ3) is 4.32. The molecule has 0 radical (unpaired) electrons. The summed E-state index contributed by atoms with van der Waals surface area (Å²) in [5.74, 6) is 2.14. The number of hydrogen-bond donors (Lipinski definition) is 1. The van der Waals surface area contributed by atoms with Crippen molar-refractivity contribution in [2.24, 2.45) is 0 Å². The summed E-state index contributed by atoms with van der Waals surface area (Å²) in [5, 5.41) is 5.10. The maximum absolute atomic E-state index is 12.5. The van der Waals surface area contributed by atoms with Crippen LogP contribution in [0.2, 0.25) is 0 Å². The molecule has 0 saturated heterocycles. The molecule has 0 fully saturated rings. The highest BCUT2D eigenvalue weighted by Gasteiger charge is 2.27. The monoisotopic (exact) mass is 456 g/mol. The number of ether oxygens (including phenoxy) is 3. The Morgan fingerprint density at radius 2 is 1.75 bits per heavy atom. The summed E-state index contributed by atoms with van der Waals surface area (Å²) >= 11 is 0. The summed E-state index contributed by atoms with van der Waals surface area (Å²) in [6.07, 6.45) is 5.36. The average Bonchev–Trinajstić information content (AvgIpc) is 2.80. The third-order valence-corrected chi connectivity index (χ3v) is 5.88. The van der Waals surface area contributed by atoms with Gasteiger partial charge in [0.25, 0.3) is 0 Å². The molecule has 0 spiro atoms. The number of aromatic nitrogens is 1. The van der Waals surface area contributed by atoms with Crippen molar-refractivity contribution >= 4 is 22.4 Å². The van der Waals surface area contributed by atoms with Gasteiger partial charge in [0.1, 0.15) is 5.75 Å². The first-order valence-electron chi connectivity index (χ1n) is 10.7. The number of methoxy groups -OCH3 is 3. The molecule has 1 N–H and O–H groups in total. The van der Waals surface area contributed by atoms with Crippen LogP contribution in [0.15, 0.2) is 36.5 Å². The first-order chi connectivity index (χ1) is 15.1. The summed E-state index contributed by atoms with van der Waals surface area (Å²) in [6.45, 7) is 2.92. The molecule has 1 aliphatic heterocycles. The summed E-state index contributed by atoms with van der Waals surface area (Å²) in [4.78, 5) is 12.5. The number of carbonyl (C=O) groups is 1. The molecule has 0 bridgehead atoms. The Bertz CT molecular complexity index is 1150. The molecule has 3 aromatic rings. The number of unbranched alkanes of at least 4 members (excludes halogenated alkanes) is 1. The summed E-state index contributed by atoms with van der Waals surface area (Å²) in [5.41, 5.74) is 4.21. The first-order valence-corrected chi connectivity index (χ1v) is 10.7. The first kappa shape index (κ1) is 23.7. The molecular formula is C25H29ClN2O4. The second kappa shape index (κ2) is 10.1. The number of nitrogens with one attached hydrogen (secondary N) is 1. The lowest BCUT2D eigenvalue weighted by Gasteiger charge is -2.19. The molecule has 2 aromatic carbocycles. The van der Waals surface area contributed by atoms with Crippen LogP contribution in [0.3, 0.4) is 0 Å². The fraction of sp³-hybridized carbons (Fsp3) is 0.360. The lowest BCUT2D eigenvalue weighted by atomic mass is 9.95. The van der Waals surface area contributed by atoms with Crippen molar-refractivity contribution in [3.8, 4) is 28.5 Å². The van der Waals surface area contributed by atoms with Crippen molar-refractivity contribution in [3.63, 3.8) is 0 Å². The number of carbonyl (C=O) groups excluding carboxylic acids is 1. The molecule has 2 heterocycles. The van der Waals surface area contributed by atoms with E-state index in [0.29, 0.717) is 17.9 Å². The largest absolute Gasteiger partial charge is 1.00 e. The Morgan fingerprint density at radius 1 is 1.03 bits per heavy atom. The number of aryl methyl sites for hydroxylation is 2. The van der Waals surface area contributed by atoms with Gasteiger partial charge in [-0.15, -0.1) is 0 Å². The van der Waals surface area contributed by atoms with Crippen LogP contribution in [0.4, 0.5) is 5.69 Å². The van der Waals surface area contributed by atoms with Gasteiger partial charge >= 0.3 is 0 Å². The van der Waals surface area contributed by atoms with Gasteiger partial charge in [-0.1, -0.05) is 19.4 Å². The Labute approximate surface area is 194 Å². The molecule has 1 amide bonds. The standard InChI is InChI=1S/C25H28N2O4.ClH/c1-5-6-7-24(28)26-25-19-15-27-11-10-17-13-22(30-3)23(31-4)14-18(17)20(27)12-16(19)8-9-21(25)29-2;/h8-9,12-15H,5-7,10-11H2,1-4H3;1H. The molecule has 0 atom stereocenters. The van der Waals surface area contributed by atoms with E-state index in [1.54, 1.807) is 21.3 Å². The van der Waals surface area contributed by atoms with Gasteiger partial charge in [-0.3, -0.25) is 4.79 Å². The van der Waals surface area contributed by atoms with Crippen LogP contribution in [-0.2, 0) is 17.8 Å². The minimum Gasteiger partial charge on any atom is -1.00 e. The lowest BCUT2D eigenvalue weighted by molar-refractivity contribution is -0.686. The van der Waals surface area contributed by atoms with Crippen molar-refractivity contribution in [2.45, 2.75) is 39.2 Å². The smallest absolute Gasteiger partial charge is 0.224 e. The zero-order valence-electron chi connectivity index (χ0n) is 19.0. The van der Waals surface area contributed by atoms with E-state index in [1.165, 1.54) is 5.56 Å². The second-order valence-electron chi connectivity index (χ2n) is 7.76. The van der Waals surface area contributed by atoms with Crippen LogP contribution in [0.1, 0.15) is 31.7 Å². The van der Waals surface area contributed by atoms with Crippen LogP contribution in [0.5, 0.6) is 17.2 Å². The maximum atomic E-state index is 12.5. The topological polar surface area (TPSA) is 60.7 Å². The number of halogens is 1. The van der Waals surface area contributed by atoms with Crippen LogP contribution in [0.25, 0.3) is 22.0 Å². The third-order valence-electron chi connectivity index (χ3n) is 5.88. The zero-order valence-corrected chi connectivity index (χ0v) is 19.7. The molecule has 4 rings (SSSR count). The van der Waals surface area contributed by atoms with E-state index < -0.39 is 0 Å². The zero-order chi connectivity index (χ0) is 22.0. The second-order valence-corrected chi connectivity index (χ2v) is 7.76. The predicted molar refractivity (Wildman–Crippen MR) is 121 cm³/mol. The average molecular weight is 457 g/mol. The highest BCUT2D eigenvalue weighted by molar-refractivity contribution is 6.04. The van der Waals surface area contributed by atoms with Gasteiger partial charge in [0, 0.05) is 18.9 Å². The van der Waals surface area contributed by atoms with Gasteiger partial charge in [-0.25, -0.2) is 0 Å². The molecule has 6 nitrogen and oxygen atoms in total. The minimum atomic E-state index is 0. The van der Waals surface area contributed by atoms with Crippen LogP contribution in [-0.4, -0.2) is 27.2 Å². The van der Waals surface area contributed by atoms with Gasteiger partial charge in [0.2, 0.25) is 11.6 Å². The Balaban J connectivity index is 0.00000289. The van der Waals surface area contributed by atoms with Crippen molar-refractivity contribution < 1.29 is 36.0 Å². The van der Waals surface area contributed by atoms with Crippen LogP contribution < -0.4 is 36.5 Å². The summed E-state index contributed by atoms with van der Waals surface area (Å²) in [6, 6.07) is 10.2. The number of hydrogen-bond acceptors (Lipinski definition) is 4. The fourth-order valence-electron chi connectivity index (χ4n) is 4.20. The molecule has 170 valence electrons. The highest BCUT2D eigenvalue weighted by atomic mass is 35.5. The van der Waals surface area contributed by atoms with E-state index in [-0.39, 0.29) is 18.3 Å². The number of anilines is 1. The summed E-state index contributed by atoms with van der Waals surface area (Å²) in [7, 11) is 4.94. The van der Waals surface area contributed by atoms with E-state index >= 15 is 0 Å². The lowest BCUT2D eigenvalue weighted by Crippen LogP contribution is -3.00. The van der Waals surface area contributed by atoms with Gasteiger partial charge in [-0.05, 0) is 35.6 Å². The van der Waals surface area contributed by atoms with Gasteiger partial charge in [0.05, 0.1) is 38.0 Å². The minimum absolute atomic E-state index is 0. The van der Waals surface area contributed by atoms with E-state index in [2.05, 4.69) is 35.1 Å². The van der Waals surface area contributed by atoms with E-state index in [4.69, 9.17) is 14.2 Å². The molecule has 1 aromatic heterocycles. The number of nitrogens with zero attached hydrogens (tertiary/aromatic N) is 1. The van der Waals surface area contributed by atoms with Crippen molar-refractivity contribution in [1.82, 2.24) is 0 Å². The number of amides is 1. The summed E-state index contributed by atoms with van der Waals surface area (Å²) < 4.78 is 18.8. The van der Waals surface area contributed by atoms with Gasteiger partial charge in [-0.2, -0.15) is 4.57 Å². The maximum Gasteiger partial charge on any atom is 0.224 e. The molecule has 0 saturated carbocycles. The van der Waals surface area contributed by atoms with E-state index in [1.807, 2.05) is 18.2 Å².